The maximum absolute atomic E-state index is 11.4. The van der Waals surface area contributed by atoms with Gasteiger partial charge < -0.3 is 14.0 Å². The van der Waals surface area contributed by atoms with Gasteiger partial charge in [0.2, 0.25) is 0 Å². The number of methoxy groups -OCH3 is 1. The second-order valence-corrected chi connectivity index (χ2v) is 2.58. The van der Waals surface area contributed by atoms with Crippen LogP contribution in [0.15, 0.2) is 4.52 Å². The van der Waals surface area contributed by atoms with Crippen molar-refractivity contribution in [2.24, 2.45) is 0 Å². The topological polar surface area (TPSA) is 61.6 Å². The Balaban J connectivity index is 2.96. The Hall–Kier alpha value is -1.52. The molecule has 1 rings (SSSR count). The summed E-state index contributed by atoms with van der Waals surface area (Å²) in [7, 11) is 1.47. The van der Waals surface area contributed by atoms with E-state index in [1.165, 1.54) is 7.11 Å². The minimum atomic E-state index is -0.476. The normalized spacial score (nSPS) is 9.93. The van der Waals surface area contributed by atoms with E-state index in [1.807, 2.05) is 6.92 Å². The number of carbonyl (C=O) groups excluding carboxylic acids is 1. The summed E-state index contributed by atoms with van der Waals surface area (Å²) < 4.78 is 14.5. The van der Waals surface area contributed by atoms with Gasteiger partial charge in [0.05, 0.1) is 19.3 Å². The van der Waals surface area contributed by atoms with Gasteiger partial charge in [-0.15, -0.1) is 0 Å². The summed E-state index contributed by atoms with van der Waals surface area (Å²) in [6.07, 6.45) is 0.612. The number of rotatable bonds is 4. The zero-order chi connectivity index (χ0) is 10.6. The van der Waals surface area contributed by atoms with Crippen LogP contribution >= 0.6 is 0 Å². The first-order chi connectivity index (χ1) is 6.74. The van der Waals surface area contributed by atoms with Gasteiger partial charge in [0.1, 0.15) is 0 Å². The molecule has 0 spiro atoms. The van der Waals surface area contributed by atoms with Gasteiger partial charge in [0.25, 0.3) is 0 Å². The third-order valence-corrected chi connectivity index (χ3v) is 1.76. The molecule has 5 heteroatoms. The van der Waals surface area contributed by atoms with Crippen molar-refractivity contribution in [3.8, 4) is 5.95 Å². The minimum absolute atomic E-state index is 0.200. The number of esters is 1. The average Bonchev–Trinajstić information content (AvgIpc) is 2.60. The fraction of sp³-hybridized carbons (Fsp3) is 0.556. The Morgan fingerprint density at radius 3 is 2.71 bits per heavy atom. The molecule has 1 aromatic rings. The maximum atomic E-state index is 11.4. The van der Waals surface area contributed by atoms with Gasteiger partial charge in [-0.3, -0.25) is 0 Å². The van der Waals surface area contributed by atoms with E-state index in [2.05, 4.69) is 5.16 Å². The van der Waals surface area contributed by atoms with Crippen LogP contribution < -0.4 is 4.74 Å². The SMILES string of the molecule is CCOC(=O)c1noc(OC)c1CC. The molecule has 0 aliphatic heterocycles. The molecule has 0 unspecified atom stereocenters. The molecule has 0 aliphatic carbocycles. The highest BCUT2D eigenvalue weighted by atomic mass is 16.6. The van der Waals surface area contributed by atoms with E-state index >= 15 is 0 Å². The van der Waals surface area contributed by atoms with Crippen molar-refractivity contribution in [2.75, 3.05) is 13.7 Å². The summed E-state index contributed by atoms with van der Waals surface area (Å²) in [5.41, 5.74) is 0.845. The van der Waals surface area contributed by atoms with E-state index in [1.54, 1.807) is 6.92 Å². The van der Waals surface area contributed by atoms with E-state index in [-0.39, 0.29) is 11.6 Å². The molecule has 14 heavy (non-hydrogen) atoms. The van der Waals surface area contributed by atoms with Crippen LogP contribution in [0.25, 0.3) is 0 Å². The molecule has 1 heterocycles. The highest BCUT2D eigenvalue weighted by molar-refractivity contribution is 5.89. The molecule has 0 N–H and O–H groups in total. The van der Waals surface area contributed by atoms with Gasteiger partial charge in [0.15, 0.2) is 5.69 Å². The molecular weight excluding hydrogens is 186 g/mol. The molecule has 5 nitrogen and oxygen atoms in total. The van der Waals surface area contributed by atoms with E-state index < -0.39 is 5.97 Å². The van der Waals surface area contributed by atoms with Crippen molar-refractivity contribution in [3.05, 3.63) is 11.3 Å². The van der Waals surface area contributed by atoms with Crippen molar-refractivity contribution in [1.82, 2.24) is 5.16 Å². The van der Waals surface area contributed by atoms with Gasteiger partial charge in [0, 0.05) is 0 Å². The van der Waals surface area contributed by atoms with Crippen molar-refractivity contribution in [2.45, 2.75) is 20.3 Å². The summed E-state index contributed by atoms with van der Waals surface area (Å²) in [6, 6.07) is 0. The molecule has 0 bridgehead atoms. The summed E-state index contributed by atoms with van der Waals surface area (Å²) >= 11 is 0. The van der Waals surface area contributed by atoms with Gasteiger partial charge in [-0.1, -0.05) is 12.1 Å². The zero-order valence-electron chi connectivity index (χ0n) is 8.49. The van der Waals surface area contributed by atoms with Crippen LogP contribution in [0.3, 0.4) is 0 Å². The molecule has 0 fully saturated rings. The first kappa shape index (κ1) is 10.6. The number of hydrogen-bond acceptors (Lipinski definition) is 5. The van der Waals surface area contributed by atoms with Crippen LogP contribution in [0.4, 0.5) is 0 Å². The van der Waals surface area contributed by atoms with Gasteiger partial charge in [-0.05, 0) is 13.3 Å². The van der Waals surface area contributed by atoms with Crippen molar-refractivity contribution >= 4 is 5.97 Å². The Morgan fingerprint density at radius 2 is 2.21 bits per heavy atom. The fourth-order valence-electron chi connectivity index (χ4n) is 1.13. The lowest BCUT2D eigenvalue weighted by molar-refractivity contribution is 0.0513. The molecule has 0 saturated carbocycles. The summed E-state index contributed by atoms with van der Waals surface area (Å²) in [4.78, 5) is 11.4. The Morgan fingerprint density at radius 1 is 1.50 bits per heavy atom. The quantitative estimate of drug-likeness (QED) is 0.686. The van der Waals surface area contributed by atoms with E-state index in [4.69, 9.17) is 14.0 Å². The second-order valence-electron chi connectivity index (χ2n) is 2.58. The molecule has 0 aliphatic rings. The van der Waals surface area contributed by atoms with Crippen LogP contribution in [0.2, 0.25) is 0 Å². The lowest BCUT2D eigenvalue weighted by Gasteiger charge is -1.99. The van der Waals surface area contributed by atoms with E-state index in [9.17, 15) is 4.79 Å². The first-order valence-electron chi connectivity index (χ1n) is 4.44. The highest BCUT2D eigenvalue weighted by Gasteiger charge is 2.21. The third-order valence-electron chi connectivity index (χ3n) is 1.76. The minimum Gasteiger partial charge on any atom is -0.467 e. The standard InChI is InChI=1S/C9H13NO4/c1-4-6-7(8(11)13-5-2)10-14-9(6)12-3/h4-5H2,1-3H3. The molecule has 0 radical (unpaired) electrons. The van der Waals surface area contributed by atoms with Crippen LogP contribution in [-0.2, 0) is 11.2 Å². The second kappa shape index (κ2) is 4.64. The fourth-order valence-corrected chi connectivity index (χ4v) is 1.13. The predicted octanol–water partition coefficient (Wildman–Crippen LogP) is 1.42. The number of nitrogens with zero attached hydrogens (tertiary/aromatic N) is 1. The number of aromatic nitrogens is 1. The maximum Gasteiger partial charge on any atom is 0.360 e. The monoisotopic (exact) mass is 199 g/mol. The van der Waals surface area contributed by atoms with Gasteiger partial charge in [-0.2, -0.15) is 0 Å². The lowest BCUT2D eigenvalue weighted by Crippen LogP contribution is -2.07. The highest BCUT2D eigenvalue weighted by Crippen LogP contribution is 2.22. The molecule has 0 amide bonds. The van der Waals surface area contributed by atoms with E-state index in [0.29, 0.717) is 18.6 Å². The van der Waals surface area contributed by atoms with Crippen LogP contribution in [0.5, 0.6) is 5.95 Å². The lowest BCUT2D eigenvalue weighted by atomic mass is 10.2. The van der Waals surface area contributed by atoms with Crippen LogP contribution in [-0.4, -0.2) is 24.8 Å². The van der Waals surface area contributed by atoms with Gasteiger partial charge >= 0.3 is 11.9 Å². The average molecular weight is 199 g/mol. The van der Waals surface area contributed by atoms with Gasteiger partial charge in [-0.25, -0.2) is 4.79 Å². The zero-order valence-corrected chi connectivity index (χ0v) is 8.49. The summed E-state index contributed by atoms with van der Waals surface area (Å²) in [6.45, 7) is 3.94. The molecule has 0 saturated heterocycles. The summed E-state index contributed by atoms with van der Waals surface area (Å²) in [5.74, 6) is -0.202. The van der Waals surface area contributed by atoms with Crippen LogP contribution in [0, 0.1) is 0 Å². The van der Waals surface area contributed by atoms with Crippen LogP contribution in [0.1, 0.15) is 29.9 Å². The largest absolute Gasteiger partial charge is 0.467 e. The molecule has 0 aromatic carbocycles. The van der Waals surface area contributed by atoms with Crippen molar-refractivity contribution in [3.63, 3.8) is 0 Å². The Kier molecular flexibility index (Phi) is 3.50. The molecule has 78 valence electrons. The number of carbonyl (C=O) groups is 1. The predicted molar refractivity (Wildman–Crippen MR) is 48.4 cm³/mol. The van der Waals surface area contributed by atoms with Crippen molar-refractivity contribution < 1.29 is 18.8 Å². The molecular formula is C9H13NO4. The molecule has 0 atom stereocenters. The number of hydrogen-bond donors (Lipinski definition) is 0. The Bertz CT molecular complexity index is 319. The van der Waals surface area contributed by atoms with E-state index in [0.717, 1.165) is 0 Å². The third kappa shape index (κ3) is 1.86. The summed E-state index contributed by atoms with van der Waals surface area (Å²) in [5, 5.41) is 3.60. The smallest absolute Gasteiger partial charge is 0.360 e. The Labute approximate surface area is 82.0 Å². The first-order valence-corrected chi connectivity index (χ1v) is 4.44. The number of ether oxygens (including phenoxy) is 2. The molecule has 1 aromatic heterocycles. The van der Waals surface area contributed by atoms with Crippen molar-refractivity contribution in [1.29, 1.82) is 0 Å².